The average molecular weight is 330 g/mol. The summed E-state index contributed by atoms with van der Waals surface area (Å²) in [6.07, 6.45) is 3.34. The summed E-state index contributed by atoms with van der Waals surface area (Å²) in [5.74, 6) is 2.44. The van der Waals surface area contributed by atoms with E-state index in [0.29, 0.717) is 19.6 Å². The van der Waals surface area contributed by atoms with Crippen LogP contribution in [-0.4, -0.2) is 49.2 Å². The number of anilines is 1. The van der Waals surface area contributed by atoms with Crippen molar-refractivity contribution in [1.29, 1.82) is 0 Å². The van der Waals surface area contributed by atoms with Gasteiger partial charge < -0.3 is 24.3 Å². The molecule has 2 amide bonds. The molecule has 128 valence electrons. The van der Waals surface area contributed by atoms with Gasteiger partial charge >= 0.3 is 6.03 Å². The summed E-state index contributed by atoms with van der Waals surface area (Å²) < 4.78 is 10.5. The number of amides is 2. The van der Waals surface area contributed by atoms with E-state index in [1.807, 2.05) is 30.0 Å². The summed E-state index contributed by atoms with van der Waals surface area (Å²) in [6.45, 7) is 5.22. The highest BCUT2D eigenvalue weighted by molar-refractivity contribution is 5.74. The number of nitrogens with zero attached hydrogens (tertiary/aromatic N) is 3. The van der Waals surface area contributed by atoms with Gasteiger partial charge in [-0.25, -0.2) is 9.78 Å². The Labute approximate surface area is 141 Å². The number of ether oxygens (including phenoxy) is 1. The Bertz CT molecular complexity index is 675. The molecule has 7 nitrogen and oxygen atoms in total. The highest BCUT2D eigenvalue weighted by Gasteiger charge is 2.22. The maximum atomic E-state index is 12.3. The van der Waals surface area contributed by atoms with E-state index < -0.39 is 0 Å². The van der Waals surface area contributed by atoms with Crippen LogP contribution in [0.3, 0.4) is 0 Å². The lowest BCUT2D eigenvalue weighted by molar-refractivity contribution is 0.193. The molecule has 0 unspecified atom stereocenters. The average Bonchev–Trinajstić information content (AvgIpc) is 3.05. The molecular formula is C17H22N4O3. The van der Waals surface area contributed by atoms with Gasteiger partial charge in [0, 0.05) is 26.2 Å². The second-order valence-electron chi connectivity index (χ2n) is 5.72. The number of rotatable bonds is 4. The largest absolute Gasteiger partial charge is 0.495 e. The van der Waals surface area contributed by atoms with E-state index in [-0.39, 0.29) is 6.03 Å². The third-order valence-electron chi connectivity index (χ3n) is 4.22. The van der Waals surface area contributed by atoms with Gasteiger partial charge in [-0.05, 0) is 30.7 Å². The Morgan fingerprint density at radius 1 is 1.29 bits per heavy atom. The van der Waals surface area contributed by atoms with Crippen molar-refractivity contribution in [3.63, 3.8) is 0 Å². The predicted octanol–water partition coefficient (Wildman–Crippen LogP) is 2.02. The summed E-state index contributed by atoms with van der Waals surface area (Å²) in [7, 11) is 1.62. The van der Waals surface area contributed by atoms with E-state index in [4.69, 9.17) is 9.15 Å². The molecule has 7 heteroatoms. The van der Waals surface area contributed by atoms with Gasteiger partial charge in [-0.2, -0.15) is 0 Å². The lowest BCUT2D eigenvalue weighted by Crippen LogP contribution is -2.51. The minimum atomic E-state index is -0.0619. The van der Waals surface area contributed by atoms with Gasteiger partial charge in [0.15, 0.2) is 0 Å². The molecule has 1 fully saturated rings. The molecule has 0 spiro atoms. The number of pyridine rings is 1. The first-order valence-corrected chi connectivity index (χ1v) is 7.98. The van der Waals surface area contributed by atoms with Gasteiger partial charge in [-0.1, -0.05) is 0 Å². The van der Waals surface area contributed by atoms with Crippen LogP contribution < -0.4 is 15.0 Å². The van der Waals surface area contributed by atoms with Crippen molar-refractivity contribution in [2.45, 2.75) is 13.5 Å². The molecule has 0 atom stereocenters. The lowest BCUT2D eigenvalue weighted by atomic mass is 10.3. The molecule has 1 saturated heterocycles. The van der Waals surface area contributed by atoms with Crippen LogP contribution in [0.15, 0.2) is 35.1 Å². The standard InChI is InChI=1S/C17H22N4O3/c1-13-5-10-24-15(13)12-19-17(22)21-8-6-20(7-9-21)16-4-3-14(23-2)11-18-16/h3-5,10-11H,6-9,12H2,1-2H3,(H,19,22). The van der Waals surface area contributed by atoms with E-state index in [1.54, 1.807) is 19.6 Å². The second kappa shape index (κ2) is 7.25. The predicted molar refractivity (Wildman–Crippen MR) is 90.3 cm³/mol. The highest BCUT2D eigenvalue weighted by Crippen LogP contribution is 2.17. The van der Waals surface area contributed by atoms with Gasteiger partial charge in [0.2, 0.25) is 0 Å². The number of methoxy groups -OCH3 is 1. The minimum Gasteiger partial charge on any atom is -0.495 e. The first kappa shape index (κ1) is 16.2. The Morgan fingerprint density at radius 2 is 2.08 bits per heavy atom. The number of urea groups is 1. The summed E-state index contributed by atoms with van der Waals surface area (Å²) in [5.41, 5.74) is 1.05. The van der Waals surface area contributed by atoms with Crippen molar-refractivity contribution in [3.8, 4) is 5.75 Å². The van der Waals surface area contributed by atoms with Crippen molar-refractivity contribution < 1.29 is 13.9 Å². The van der Waals surface area contributed by atoms with Crippen LogP contribution >= 0.6 is 0 Å². The van der Waals surface area contributed by atoms with Crippen LogP contribution in [0.4, 0.5) is 10.6 Å². The monoisotopic (exact) mass is 330 g/mol. The molecule has 3 heterocycles. The number of piperazine rings is 1. The molecule has 3 rings (SSSR count). The summed E-state index contributed by atoms with van der Waals surface area (Å²) >= 11 is 0. The van der Waals surface area contributed by atoms with Gasteiger partial charge in [0.25, 0.3) is 0 Å². The van der Waals surface area contributed by atoms with E-state index in [0.717, 1.165) is 36.0 Å². The maximum absolute atomic E-state index is 12.3. The molecule has 2 aromatic heterocycles. The second-order valence-corrected chi connectivity index (χ2v) is 5.72. The third kappa shape index (κ3) is 3.61. The van der Waals surface area contributed by atoms with Gasteiger partial charge in [0.1, 0.15) is 17.3 Å². The third-order valence-corrected chi connectivity index (χ3v) is 4.22. The maximum Gasteiger partial charge on any atom is 0.317 e. The summed E-state index contributed by atoms with van der Waals surface area (Å²) in [5, 5.41) is 2.91. The number of hydrogen-bond acceptors (Lipinski definition) is 5. The van der Waals surface area contributed by atoms with Crippen LogP contribution in [0.1, 0.15) is 11.3 Å². The van der Waals surface area contributed by atoms with Crippen molar-refractivity contribution in [3.05, 3.63) is 42.0 Å². The van der Waals surface area contributed by atoms with Gasteiger partial charge in [0.05, 0.1) is 26.1 Å². The number of aromatic nitrogens is 1. The number of carbonyl (C=O) groups excluding carboxylic acids is 1. The Balaban J connectivity index is 1.49. The van der Waals surface area contributed by atoms with Crippen LogP contribution in [0.5, 0.6) is 5.75 Å². The fraction of sp³-hybridized carbons (Fsp3) is 0.412. The molecule has 1 aliphatic heterocycles. The minimum absolute atomic E-state index is 0.0619. The quantitative estimate of drug-likeness (QED) is 0.929. The number of furan rings is 1. The first-order chi connectivity index (χ1) is 11.7. The molecule has 24 heavy (non-hydrogen) atoms. The fourth-order valence-electron chi connectivity index (χ4n) is 2.67. The molecule has 0 aliphatic carbocycles. The van der Waals surface area contributed by atoms with E-state index in [1.165, 1.54) is 0 Å². The number of nitrogens with one attached hydrogen (secondary N) is 1. The number of hydrogen-bond donors (Lipinski definition) is 1. The molecule has 0 aromatic carbocycles. The lowest BCUT2D eigenvalue weighted by Gasteiger charge is -2.35. The molecule has 2 aromatic rings. The molecular weight excluding hydrogens is 308 g/mol. The van der Waals surface area contributed by atoms with Crippen LogP contribution in [-0.2, 0) is 6.54 Å². The molecule has 1 aliphatic rings. The molecule has 0 bridgehead atoms. The number of aryl methyl sites for hydroxylation is 1. The van der Waals surface area contributed by atoms with E-state index >= 15 is 0 Å². The topological polar surface area (TPSA) is 70.8 Å². The Hall–Kier alpha value is -2.70. The zero-order valence-electron chi connectivity index (χ0n) is 14.0. The van der Waals surface area contributed by atoms with E-state index in [2.05, 4.69) is 15.2 Å². The molecule has 0 radical (unpaired) electrons. The zero-order chi connectivity index (χ0) is 16.9. The van der Waals surface area contributed by atoms with Crippen LogP contribution in [0.2, 0.25) is 0 Å². The van der Waals surface area contributed by atoms with Crippen molar-refractivity contribution in [2.75, 3.05) is 38.2 Å². The normalized spacial score (nSPS) is 14.6. The van der Waals surface area contributed by atoms with Crippen LogP contribution in [0, 0.1) is 6.92 Å². The fourth-order valence-corrected chi connectivity index (χ4v) is 2.67. The SMILES string of the molecule is COc1ccc(N2CCN(C(=O)NCc3occc3C)CC2)nc1. The van der Waals surface area contributed by atoms with Crippen molar-refractivity contribution in [2.24, 2.45) is 0 Å². The summed E-state index contributed by atoms with van der Waals surface area (Å²) in [6, 6.07) is 5.66. The van der Waals surface area contributed by atoms with E-state index in [9.17, 15) is 4.79 Å². The Kier molecular flexibility index (Phi) is 4.88. The van der Waals surface area contributed by atoms with Crippen molar-refractivity contribution >= 4 is 11.8 Å². The zero-order valence-corrected chi connectivity index (χ0v) is 14.0. The first-order valence-electron chi connectivity index (χ1n) is 7.98. The van der Waals surface area contributed by atoms with Crippen molar-refractivity contribution in [1.82, 2.24) is 15.2 Å². The Morgan fingerprint density at radius 3 is 2.67 bits per heavy atom. The van der Waals surface area contributed by atoms with Crippen LogP contribution in [0.25, 0.3) is 0 Å². The smallest absolute Gasteiger partial charge is 0.317 e. The molecule has 0 saturated carbocycles. The van der Waals surface area contributed by atoms with Gasteiger partial charge in [-0.3, -0.25) is 0 Å². The van der Waals surface area contributed by atoms with Gasteiger partial charge in [-0.15, -0.1) is 0 Å². The highest BCUT2D eigenvalue weighted by atomic mass is 16.5. The molecule has 1 N–H and O–H groups in total. The number of carbonyl (C=O) groups is 1. The summed E-state index contributed by atoms with van der Waals surface area (Å²) in [4.78, 5) is 20.6.